The summed E-state index contributed by atoms with van der Waals surface area (Å²) in [6.07, 6.45) is 0. The zero-order chi connectivity index (χ0) is 23.4. The second-order valence-electron chi connectivity index (χ2n) is 7.66. The maximum Gasteiger partial charge on any atom is 0.271 e. The Morgan fingerprint density at radius 3 is 2.52 bits per heavy atom. The first-order chi connectivity index (χ1) is 15.9. The third-order valence-corrected chi connectivity index (χ3v) is 5.46. The monoisotopic (exact) mass is 459 g/mol. The number of nitrogens with zero attached hydrogens (tertiary/aromatic N) is 2. The molecule has 0 aliphatic carbocycles. The Balaban J connectivity index is 1.48. The molecule has 0 aliphatic heterocycles. The van der Waals surface area contributed by atoms with Gasteiger partial charge in [0.25, 0.3) is 11.5 Å². The zero-order valence-electron chi connectivity index (χ0n) is 18.2. The van der Waals surface area contributed by atoms with E-state index in [0.29, 0.717) is 34.4 Å². The van der Waals surface area contributed by atoms with Gasteiger partial charge in [-0.15, -0.1) is 5.10 Å². The van der Waals surface area contributed by atoms with Crippen molar-refractivity contribution in [2.75, 3.05) is 5.32 Å². The molecule has 0 saturated heterocycles. The highest BCUT2D eigenvalue weighted by Crippen LogP contribution is 2.21. The molecule has 1 heterocycles. The van der Waals surface area contributed by atoms with Crippen LogP contribution in [-0.2, 0) is 6.61 Å². The van der Waals surface area contributed by atoms with E-state index in [1.54, 1.807) is 42.5 Å². The lowest BCUT2D eigenvalue weighted by Gasteiger charge is -2.10. The second kappa shape index (κ2) is 9.71. The summed E-state index contributed by atoms with van der Waals surface area (Å²) in [7, 11) is 0. The van der Waals surface area contributed by atoms with Gasteiger partial charge in [0.05, 0.1) is 5.69 Å². The summed E-state index contributed by atoms with van der Waals surface area (Å²) in [4.78, 5) is 24.9. The van der Waals surface area contributed by atoms with Gasteiger partial charge in [-0.2, -0.15) is 4.68 Å². The fraction of sp³-hybridized carbons (Fsp3) is 0.115. The largest absolute Gasteiger partial charge is 0.472 e. The average molecular weight is 460 g/mol. The number of amides is 1. The number of ether oxygens (including phenoxy) is 1. The minimum Gasteiger partial charge on any atom is -0.472 e. The lowest BCUT2D eigenvalue weighted by atomic mass is 10.1. The molecule has 166 valence electrons. The van der Waals surface area contributed by atoms with E-state index in [1.807, 2.05) is 44.2 Å². The molecule has 4 rings (SSSR count). The van der Waals surface area contributed by atoms with Crippen LogP contribution in [-0.4, -0.2) is 15.7 Å². The molecule has 1 N–H and O–H groups in total. The molecule has 4 aromatic rings. The summed E-state index contributed by atoms with van der Waals surface area (Å²) in [6.45, 7) is 4.25. The van der Waals surface area contributed by atoms with E-state index in [0.717, 1.165) is 16.7 Å². The molecule has 0 spiro atoms. The Labute approximate surface area is 196 Å². The van der Waals surface area contributed by atoms with Gasteiger partial charge >= 0.3 is 0 Å². The van der Waals surface area contributed by atoms with Crippen molar-refractivity contribution in [3.05, 3.63) is 116 Å². The molecule has 7 heteroatoms. The predicted molar refractivity (Wildman–Crippen MR) is 129 cm³/mol. The highest BCUT2D eigenvalue weighted by Gasteiger charge is 2.10. The van der Waals surface area contributed by atoms with Gasteiger partial charge in [0, 0.05) is 28.4 Å². The SMILES string of the molecule is Cc1cccc(COc2ccc(=O)n(-c3ccc(C(=O)Nc4ccc(C)c(Cl)c4)cc3)n2)c1. The van der Waals surface area contributed by atoms with Crippen molar-refractivity contribution in [3.8, 4) is 11.6 Å². The van der Waals surface area contributed by atoms with Gasteiger partial charge in [0.15, 0.2) is 0 Å². The van der Waals surface area contributed by atoms with Crippen molar-refractivity contribution in [2.45, 2.75) is 20.5 Å². The number of carbonyl (C=O) groups excluding carboxylic acids is 1. The Bertz CT molecular complexity index is 1360. The van der Waals surface area contributed by atoms with Crippen LogP contribution in [0.15, 0.2) is 83.7 Å². The first-order valence-corrected chi connectivity index (χ1v) is 10.7. The summed E-state index contributed by atoms with van der Waals surface area (Å²) in [5.74, 6) is 0.0474. The van der Waals surface area contributed by atoms with Crippen LogP contribution < -0.4 is 15.6 Å². The Hall–Kier alpha value is -3.90. The van der Waals surface area contributed by atoms with Crippen molar-refractivity contribution in [1.82, 2.24) is 9.78 Å². The number of rotatable bonds is 6. The van der Waals surface area contributed by atoms with E-state index >= 15 is 0 Å². The number of hydrogen-bond acceptors (Lipinski definition) is 4. The number of carbonyl (C=O) groups is 1. The van der Waals surface area contributed by atoms with Gasteiger partial charge in [-0.25, -0.2) is 0 Å². The smallest absolute Gasteiger partial charge is 0.271 e. The van der Waals surface area contributed by atoms with Crippen LogP contribution in [0.4, 0.5) is 5.69 Å². The van der Waals surface area contributed by atoms with Crippen LogP contribution in [0.2, 0.25) is 5.02 Å². The highest BCUT2D eigenvalue weighted by atomic mass is 35.5. The number of aromatic nitrogens is 2. The van der Waals surface area contributed by atoms with E-state index in [1.165, 1.54) is 10.7 Å². The molecule has 1 aromatic heterocycles. The Morgan fingerprint density at radius 2 is 1.79 bits per heavy atom. The van der Waals surface area contributed by atoms with E-state index < -0.39 is 0 Å². The van der Waals surface area contributed by atoms with Crippen LogP contribution in [0.3, 0.4) is 0 Å². The molecule has 3 aromatic carbocycles. The first-order valence-electron chi connectivity index (χ1n) is 10.4. The van der Waals surface area contributed by atoms with Gasteiger partial charge in [-0.3, -0.25) is 9.59 Å². The van der Waals surface area contributed by atoms with Crippen molar-refractivity contribution in [1.29, 1.82) is 0 Å². The molecule has 0 unspecified atom stereocenters. The molecule has 0 aliphatic rings. The predicted octanol–water partition coefficient (Wildman–Crippen LogP) is 5.33. The third-order valence-electron chi connectivity index (χ3n) is 5.05. The number of nitrogens with one attached hydrogen (secondary N) is 1. The van der Waals surface area contributed by atoms with Crippen LogP contribution in [0.25, 0.3) is 5.69 Å². The summed E-state index contributed by atoms with van der Waals surface area (Å²) < 4.78 is 7.01. The third kappa shape index (κ3) is 5.48. The van der Waals surface area contributed by atoms with Crippen molar-refractivity contribution in [3.63, 3.8) is 0 Å². The Morgan fingerprint density at radius 1 is 1.00 bits per heavy atom. The molecule has 0 bridgehead atoms. The number of hydrogen-bond donors (Lipinski definition) is 1. The molecular weight excluding hydrogens is 438 g/mol. The van der Waals surface area contributed by atoms with Gasteiger partial charge in [0.2, 0.25) is 5.88 Å². The first kappa shape index (κ1) is 22.3. The van der Waals surface area contributed by atoms with Crippen LogP contribution in [0, 0.1) is 13.8 Å². The standard InChI is InChI=1S/C26H22ClN3O3/c1-17-4-3-5-19(14-17)16-33-24-12-13-25(31)30(29-24)22-10-7-20(8-11-22)26(32)28-21-9-6-18(2)23(27)15-21/h3-15H,16H2,1-2H3,(H,28,32). The lowest BCUT2D eigenvalue weighted by molar-refractivity contribution is 0.102. The van der Waals surface area contributed by atoms with Crippen LogP contribution in [0.5, 0.6) is 5.88 Å². The van der Waals surface area contributed by atoms with Crippen molar-refractivity contribution < 1.29 is 9.53 Å². The summed E-state index contributed by atoms with van der Waals surface area (Å²) >= 11 is 6.12. The summed E-state index contributed by atoms with van der Waals surface area (Å²) in [5.41, 5.74) is 4.36. The van der Waals surface area contributed by atoms with Gasteiger partial charge in [-0.1, -0.05) is 47.5 Å². The fourth-order valence-corrected chi connectivity index (χ4v) is 3.42. The summed E-state index contributed by atoms with van der Waals surface area (Å²) in [5, 5.41) is 7.70. The molecule has 0 fully saturated rings. The molecule has 0 saturated carbocycles. The van der Waals surface area contributed by atoms with E-state index in [-0.39, 0.29) is 11.5 Å². The molecule has 33 heavy (non-hydrogen) atoms. The normalized spacial score (nSPS) is 10.6. The lowest BCUT2D eigenvalue weighted by Crippen LogP contribution is -2.20. The van der Waals surface area contributed by atoms with E-state index in [9.17, 15) is 9.59 Å². The van der Waals surface area contributed by atoms with Gasteiger partial charge in [0.1, 0.15) is 6.61 Å². The van der Waals surface area contributed by atoms with Crippen LogP contribution in [0.1, 0.15) is 27.0 Å². The van der Waals surface area contributed by atoms with Crippen molar-refractivity contribution in [2.24, 2.45) is 0 Å². The second-order valence-corrected chi connectivity index (χ2v) is 8.07. The maximum absolute atomic E-state index is 12.6. The topological polar surface area (TPSA) is 73.2 Å². The van der Waals surface area contributed by atoms with E-state index in [4.69, 9.17) is 16.3 Å². The molecule has 6 nitrogen and oxygen atoms in total. The van der Waals surface area contributed by atoms with Gasteiger partial charge in [-0.05, 0) is 61.4 Å². The zero-order valence-corrected chi connectivity index (χ0v) is 19.0. The number of benzene rings is 3. The summed E-state index contributed by atoms with van der Waals surface area (Å²) in [6, 6.07) is 22.9. The molecule has 0 radical (unpaired) electrons. The number of aryl methyl sites for hydroxylation is 2. The Kier molecular flexibility index (Phi) is 6.56. The van der Waals surface area contributed by atoms with E-state index in [2.05, 4.69) is 10.4 Å². The number of anilines is 1. The average Bonchev–Trinajstić information content (AvgIpc) is 2.81. The quantitative estimate of drug-likeness (QED) is 0.422. The number of halogens is 1. The minimum atomic E-state index is -0.301. The molecule has 1 amide bonds. The highest BCUT2D eigenvalue weighted by molar-refractivity contribution is 6.31. The maximum atomic E-state index is 12.6. The fourth-order valence-electron chi connectivity index (χ4n) is 3.24. The minimum absolute atomic E-state index is 0.281. The molecule has 0 atom stereocenters. The molecular formula is C26H22ClN3O3. The van der Waals surface area contributed by atoms with Gasteiger partial charge < -0.3 is 10.1 Å². The van der Waals surface area contributed by atoms with Crippen molar-refractivity contribution >= 4 is 23.2 Å². The van der Waals surface area contributed by atoms with Crippen LogP contribution >= 0.6 is 11.6 Å².